The molecule has 1 aromatic heterocycles. The van der Waals surface area contributed by atoms with Gasteiger partial charge in [0.1, 0.15) is 42.7 Å². The number of anilines is 2. The number of aliphatic hydroxyl groups excluding tert-OH is 10. The monoisotopic (exact) mass is 1020 g/mol. The zero-order valence-electron chi connectivity index (χ0n) is 39.5. The summed E-state index contributed by atoms with van der Waals surface area (Å²) >= 11 is 5.84. The number of nitrogens with one attached hydrogen (secondary N) is 1. The SMILES string of the molecule is COC(=O)[C@H]1CN(CCCN(C[C@H](O)[C@@H](O)[C@H](O)[C@H](O)CO)C[C@H](O)[C@@H](O)[C@H](O)[C@H](O)CO)CCN1C(=O)CCc1ccc(-c2ccc(CCCCN=C(N)NC(=O)c3nc(Cl)c(N)nc3N)cc2)cc1. The van der Waals surface area contributed by atoms with Crippen LogP contribution in [0, 0.1) is 0 Å². The van der Waals surface area contributed by atoms with E-state index in [1.165, 1.54) is 16.9 Å². The molecule has 2 amide bonds. The minimum atomic E-state index is -1.92. The number of carbonyl (C=O) groups is 3. The summed E-state index contributed by atoms with van der Waals surface area (Å²) in [6, 6.07) is 15.2. The van der Waals surface area contributed by atoms with Gasteiger partial charge < -0.3 is 77.9 Å². The van der Waals surface area contributed by atoms with Crippen molar-refractivity contribution < 1.29 is 70.2 Å². The van der Waals surface area contributed by atoms with Crippen LogP contribution in [-0.2, 0) is 27.2 Å². The molecule has 9 atom stereocenters. The fourth-order valence-corrected chi connectivity index (χ4v) is 8.04. The molecule has 0 unspecified atom stereocenters. The molecule has 0 bridgehead atoms. The van der Waals surface area contributed by atoms with Crippen LogP contribution in [0.3, 0.4) is 0 Å². The van der Waals surface area contributed by atoms with Gasteiger partial charge in [0.2, 0.25) is 5.91 Å². The molecule has 0 saturated carbocycles. The van der Waals surface area contributed by atoms with E-state index in [-0.39, 0.29) is 60.4 Å². The fraction of sp³-hybridized carbons (Fsp3) is 0.565. The molecule has 0 aliphatic carbocycles. The Morgan fingerprint density at radius 3 is 1.85 bits per heavy atom. The number of aryl methyl sites for hydroxylation is 2. The van der Waals surface area contributed by atoms with Crippen molar-refractivity contribution in [2.24, 2.45) is 10.7 Å². The number of hydrogen-bond donors (Lipinski definition) is 14. The lowest BCUT2D eigenvalue weighted by Crippen LogP contribution is -2.58. The molecule has 3 aromatic rings. The molecular formula is C46H69ClN10O14. The lowest BCUT2D eigenvalue weighted by Gasteiger charge is -2.40. The van der Waals surface area contributed by atoms with Crippen LogP contribution in [-0.4, -0.2) is 227 Å². The number of nitrogens with two attached hydrogens (primary N) is 3. The highest BCUT2D eigenvalue weighted by molar-refractivity contribution is 6.31. The van der Waals surface area contributed by atoms with Crippen LogP contribution in [0.4, 0.5) is 11.6 Å². The van der Waals surface area contributed by atoms with Crippen molar-refractivity contribution in [3.8, 4) is 11.1 Å². The first kappa shape index (κ1) is 58.4. The van der Waals surface area contributed by atoms with Crippen LogP contribution in [0.25, 0.3) is 11.1 Å². The minimum Gasteiger partial charge on any atom is -0.467 e. The average Bonchev–Trinajstić information content (AvgIpc) is 3.37. The molecule has 71 heavy (non-hydrogen) atoms. The number of hydrogen-bond acceptors (Lipinski definition) is 21. The fourth-order valence-electron chi connectivity index (χ4n) is 7.91. The van der Waals surface area contributed by atoms with Gasteiger partial charge in [0.25, 0.3) is 5.91 Å². The number of nitrogen functional groups attached to an aromatic ring is 2. The van der Waals surface area contributed by atoms with E-state index in [9.17, 15) is 55.2 Å². The average molecular weight is 1020 g/mol. The molecular weight excluding hydrogens is 952 g/mol. The van der Waals surface area contributed by atoms with Gasteiger partial charge in [-0.3, -0.25) is 29.7 Å². The van der Waals surface area contributed by atoms with E-state index in [4.69, 9.17) is 43.8 Å². The summed E-state index contributed by atoms with van der Waals surface area (Å²) in [6.07, 6.45) is -11.4. The molecule has 24 nitrogen and oxygen atoms in total. The maximum absolute atomic E-state index is 13.6. The van der Waals surface area contributed by atoms with Gasteiger partial charge in [-0.25, -0.2) is 14.8 Å². The molecule has 1 fully saturated rings. The number of benzene rings is 2. The van der Waals surface area contributed by atoms with Gasteiger partial charge in [0.15, 0.2) is 28.4 Å². The number of unbranched alkanes of at least 4 members (excludes halogenated alkanes) is 1. The van der Waals surface area contributed by atoms with Gasteiger partial charge in [0, 0.05) is 45.7 Å². The third kappa shape index (κ3) is 17.5. The molecule has 2 aromatic carbocycles. The number of amides is 2. The first-order chi connectivity index (χ1) is 33.8. The van der Waals surface area contributed by atoms with Crippen LogP contribution in [0.1, 0.15) is 47.3 Å². The van der Waals surface area contributed by atoms with E-state index in [0.29, 0.717) is 38.9 Å². The highest BCUT2D eigenvalue weighted by atomic mass is 35.5. The number of carbonyl (C=O) groups excluding carboxylic acids is 3. The van der Waals surface area contributed by atoms with Crippen molar-refractivity contribution in [2.45, 2.75) is 93.4 Å². The number of nitrogens with zero attached hydrogens (tertiary/aromatic N) is 6. The summed E-state index contributed by atoms with van der Waals surface area (Å²) in [4.78, 5) is 55.7. The van der Waals surface area contributed by atoms with Gasteiger partial charge in [-0.2, -0.15) is 0 Å². The number of piperazine rings is 1. The van der Waals surface area contributed by atoms with Crippen molar-refractivity contribution in [3.63, 3.8) is 0 Å². The first-order valence-electron chi connectivity index (χ1n) is 23.1. The summed E-state index contributed by atoms with van der Waals surface area (Å²) in [5.41, 5.74) is 21.0. The number of esters is 1. The molecule has 4 rings (SSSR count). The Morgan fingerprint density at radius 1 is 0.775 bits per heavy atom. The molecule has 17 N–H and O–H groups in total. The lowest BCUT2D eigenvalue weighted by molar-refractivity contribution is -0.156. The van der Waals surface area contributed by atoms with Crippen LogP contribution in [0.5, 0.6) is 0 Å². The van der Waals surface area contributed by atoms with Crippen LogP contribution in [0.2, 0.25) is 5.15 Å². The number of methoxy groups -OCH3 is 1. The number of aliphatic hydroxyl groups is 10. The quantitative estimate of drug-likeness (QED) is 0.0151. The molecule has 1 aliphatic rings. The predicted octanol–water partition coefficient (Wildman–Crippen LogP) is -3.79. The summed E-state index contributed by atoms with van der Waals surface area (Å²) in [5, 5.41) is 102. The molecule has 394 valence electrons. The van der Waals surface area contributed by atoms with E-state index in [0.717, 1.165) is 35.1 Å². The van der Waals surface area contributed by atoms with Crippen LogP contribution >= 0.6 is 11.6 Å². The largest absolute Gasteiger partial charge is 0.467 e. The van der Waals surface area contributed by atoms with Crippen molar-refractivity contribution in [2.75, 3.05) is 84.1 Å². The Hall–Kier alpha value is -5.19. The number of aromatic nitrogens is 2. The van der Waals surface area contributed by atoms with E-state index in [1.54, 1.807) is 0 Å². The Bertz CT molecular complexity index is 2150. The van der Waals surface area contributed by atoms with Gasteiger partial charge in [0.05, 0.1) is 32.5 Å². The van der Waals surface area contributed by atoms with Gasteiger partial charge in [-0.05, 0) is 67.4 Å². The van der Waals surface area contributed by atoms with E-state index in [1.807, 2.05) is 41.3 Å². The molecule has 25 heteroatoms. The zero-order chi connectivity index (χ0) is 52.4. The van der Waals surface area contributed by atoms with Gasteiger partial charge in [-0.1, -0.05) is 60.1 Å². The second-order valence-corrected chi connectivity index (χ2v) is 17.7. The summed E-state index contributed by atoms with van der Waals surface area (Å²) in [7, 11) is 1.24. The Morgan fingerprint density at radius 2 is 1.31 bits per heavy atom. The van der Waals surface area contributed by atoms with Crippen molar-refractivity contribution in [3.05, 3.63) is 70.5 Å². The third-order valence-corrected chi connectivity index (χ3v) is 12.4. The van der Waals surface area contributed by atoms with Crippen molar-refractivity contribution in [1.29, 1.82) is 0 Å². The summed E-state index contributed by atoms with van der Waals surface area (Å²) in [6.45, 7) is -1.03. The van der Waals surface area contributed by atoms with Gasteiger partial charge >= 0.3 is 5.97 Å². The predicted molar refractivity (Wildman–Crippen MR) is 260 cm³/mol. The van der Waals surface area contributed by atoms with Crippen LogP contribution in [0.15, 0.2) is 53.5 Å². The lowest BCUT2D eigenvalue weighted by atomic mass is 9.99. The van der Waals surface area contributed by atoms with Crippen LogP contribution < -0.4 is 22.5 Å². The standard InChI is InChI=1S/C46H69ClN10O14/c1-71-45(70)30-21-55(17-4-18-56(22-31(60)37(65)39(67)33(62)24-58)23-32(61)38(66)40(68)34(63)25-59)19-20-57(30)35(64)15-10-27-8-13-29(14-9-27)28-11-6-26(7-12-28)5-2-3-16-51-46(50)54-44(69)36-42(48)53-43(49)41(47)52-36/h6-9,11-14,30-34,37-40,58-63,65-68H,2-5,10,15-25H2,1H3,(H4,48,49,53)(H3,50,51,54,69)/t30-,31+,32+,33-,34-,37-,38-,39-,40-/m1/s1. The Labute approximate surface area is 416 Å². The highest BCUT2D eigenvalue weighted by Gasteiger charge is 2.37. The Balaban J connectivity index is 1.24. The number of aliphatic imine (C=N–C) groups is 1. The molecule has 2 heterocycles. The van der Waals surface area contributed by atoms with E-state index in [2.05, 4.69) is 32.4 Å². The second kappa shape index (κ2) is 28.7. The number of rotatable bonds is 27. The highest BCUT2D eigenvalue weighted by Crippen LogP contribution is 2.23. The maximum Gasteiger partial charge on any atom is 0.329 e. The summed E-state index contributed by atoms with van der Waals surface area (Å²) in [5.74, 6) is -1.91. The first-order valence-corrected chi connectivity index (χ1v) is 23.5. The third-order valence-electron chi connectivity index (χ3n) is 12.1. The maximum atomic E-state index is 13.6. The second-order valence-electron chi connectivity index (χ2n) is 17.3. The van der Waals surface area contributed by atoms with Gasteiger partial charge in [-0.15, -0.1) is 0 Å². The Kier molecular flexibility index (Phi) is 23.6. The molecule has 1 saturated heterocycles. The van der Waals surface area contributed by atoms with Crippen molar-refractivity contribution in [1.82, 2.24) is 30.0 Å². The minimum absolute atomic E-state index is 0.0925. The normalized spacial score (nSPS) is 18.0. The molecule has 0 radical (unpaired) electrons. The zero-order valence-corrected chi connectivity index (χ0v) is 40.3. The number of guanidine groups is 1. The topological polar surface area (TPSA) is 401 Å². The molecule has 1 aliphatic heterocycles. The molecule has 0 spiro atoms. The number of halogens is 1. The smallest absolute Gasteiger partial charge is 0.329 e. The number of ether oxygens (including phenoxy) is 1. The van der Waals surface area contributed by atoms with E-state index >= 15 is 0 Å². The summed E-state index contributed by atoms with van der Waals surface area (Å²) < 4.78 is 5.06. The van der Waals surface area contributed by atoms with E-state index < -0.39 is 93.1 Å². The van der Waals surface area contributed by atoms with Crippen molar-refractivity contribution >= 4 is 47.0 Å².